The molecule has 0 bridgehead atoms. The first-order valence-corrected chi connectivity index (χ1v) is 3.63. The van der Waals surface area contributed by atoms with E-state index in [1.54, 1.807) is 6.20 Å². The minimum absolute atomic E-state index is 0.636. The van der Waals surface area contributed by atoms with E-state index in [-0.39, 0.29) is 0 Å². The van der Waals surface area contributed by atoms with Crippen LogP contribution in [0.2, 0.25) is 5.02 Å². The van der Waals surface area contributed by atoms with Gasteiger partial charge in [0.05, 0.1) is 5.02 Å². The van der Waals surface area contributed by atoms with Gasteiger partial charge in [0.25, 0.3) is 0 Å². The second kappa shape index (κ2) is 3.14. The van der Waals surface area contributed by atoms with Gasteiger partial charge in [-0.2, -0.15) is 0 Å². The first-order valence-electron chi connectivity index (χ1n) is 2.71. The van der Waals surface area contributed by atoms with E-state index in [2.05, 4.69) is 4.98 Å². The van der Waals surface area contributed by atoms with Crippen molar-refractivity contribution in [2.45, 2.75) is 6.42 Å². The second-order valence-electron chi connectivity index (χ2n) is 1.78. The van der Waals surface area contributed by atoms with Gasteiger partial charge >= 0.3 is 0 Å². The Balaban J connectivity index is 2.61. The van der Waals surface area contributed by atoms with E-state index in [0.717, 1.165) is 17.1 Å². The maximum absolute atomic E-state index is 5.62. The van der Waals surface area contributed by atoms with Gasteiger partial charge in [0.15, 0.2) is 0 Å². The minimum Gasteiger partial charge on any atom is -0.364 e. The van der Waals surface area contributed by atoms with Crippen molar-refractivity contribution in [1.29, 1.82) is 0 Å². The zero-order valence-electron chi connectivity index (χ0n) is 4.82. The van der Waals surface area contributed by atoms with Gasteiger partial charge < -0.3 is 4.98 Å². The number of hydrogen-bond acceptors (Lipinski definition) is 0. The lowest BCUT2D eigenvalue weighted by molar-refractivity contribution is 1.07. The van der Waals surface area contributed by atoms with Crippen molar-refractivity contribution in [2.24, 2.45) is 0 Å². The molecule has 9 heavy (non-hydrogen) atoms. The molecule has 0 amide bonds. The molecule has 0 aliphatic carbocycles. The number of halogens is 2. The molecule has 3 heteroatoms. The lowest BCUT2D eigenvalue weighted by atomic mass is 10.3. The number of aromatic nitrogens is 1. The van der Waals surface area contributed by atoms with E-state index >= 15 is 0 Å². The standard InChI is InChI=1S/C6H7Cl2N/c7-2-1-6-3-5(8)4-9-6/h3-4,9H,1-2H2. The number of H-pyrrole nitrogens is 1. The van der Waals surface area contributed by atoms with Gasteiger partial charge in [-0.1, -0.05) is 11.6 Å². The third-order valence-corrected chi connectivity index (χ3v) is 1.48. The summed E-state index contributed by atoms with van der Waals surface area (Å²) >= 11 is 11.1. The number of alkyl halides is 1. The van der Waals surface area contributed by atoms with E-state index in [0.29, 0.717) is 5.88 Å². The predicted molar refractivity (Wildman–Crippen MR) is 40.2 cm³/mol. The van der Waals surface area contributed by atoms with Gasteiger partial charge in [-0.05, 0) is 6.07 Å². The van der Waals surface area contributed by atoms with E-state index in [1.165, 1.54) is 0 Å². The van der Waals surface area contributed by atoms with Crippen LogP contribution in [0.3, 0.4) is 0 Å². The van der Waals surface area contributed by atoms with Gasteiger partial charge in [-0.25, -0.2) is 0 Å². The molecule has 0 fully saturated rings. The maximum Gasteiger partial charge on any atom is 0.0583 e. The summed E-state index contributed by atoms with van der Waals surface area (Å²) in [5, 5.41) is 0.745. The van der Waals surface area contributed by atoms with E-state index < -0.39 is 0 Å². The zero-order chi connectivity index (χ0) is 6.69. The highest BCUT2D eigenvalue weighted by molar-refractivity contribution is 6.30. The Labute approximate surface area is 64.0 Å². The number of aryl methyl sites for hydroxylation is 1. The Bertz CT molecular complexity index is 183. The minimum atomic E-state index is 0.636. The van der Waals surface area contributed by atoms with Crippen LogP contribution in [-0.2, 0) is 6.42 Å². The quantitative estimate of drug-likeness (QED) is 0.646. The molecule has 1 N–H and O–H groups in total. The number of aromatic amines is 1. The molecule has 0 aliphatic heterocycles. The third kappa shape index (κ3) is 1.92. The first kappa shape index (κ1) is 6.97. The van der Waals surface area contributed by atoms with Crippen molar-refractivity contribution >= 4 is 23.2 Å². The fourth-order valence-electron chi connectivity index (χ4n) is 0.658. The van der Waals surface area contributed by atoms with Gasteiger partial charge in [0.2, 0.25) is 0 Å². The highest BCUT2D eigenvalue weighted by Gasteiger charge is 1.93. The van der Waals surface area contributed by atoms with Crippen LogP contribution in [0.5, 0.6) is 0 Å². The molecular formula is C6H7Cl2N. The summed E-state index contributed by atoms with van der Waals surface area (Å²) in [6, 6.07) is 1.88. The van der Waals surface area contributed by atoms with Gasteiger partial charge in [0.1, 0.15) is 0 Å². The zero-order valence-corrected chi connectivity index (χ0v) is 6.34. The highest BCUT2D eigenvalue weighted by Crippen LogP contribution is 2.09. The predicted octanol–water partition coefficient (Wildman–Crippen LogP) is 2.45. The van der Waals surface area contributed by atoms with Crippen LogP contribution < -0.4 is 0 Å². The lowest BCUT2D eigenvalue weighted by Gasteiger charge is -1.86. The van der Waals surface area contributed by atoms with Crippen LogP contribution in [0, 0.1) is 0 Å². The van der Waals surface area contributed by atoms with Crippen molar-refractivity contribution in [3.63, 3.8) is 0 Å². The summed E-state index contributed by atoms with van der Waals surface area (Å²) in [6.07, 6.45) is 2.61. The van der Waals surface area contributed by atoms with E-state index in [9.17, 15) is 0 Å². The van der Waals surface area contributed by atoms with Crippen molar-refractivity contribution in [2.75, 3.05) is 5.88 Å². The van der Waals surface area contributed by atoms with Crippen LogP contribution in [0.15, 0.2) is 12.3 Å². The Morgan fingerprint density at radius 3 is 2.78 bits per heavy atom. The molecule has 0 spiro atoms. The highest BCUT2D eigenvalue weighted by atomic mass is 35.5. The Hall–Kier alpha value is -0.140. The Morgan fingerprint density at radius 1 is 1.56 bits per heavy atom. The number of hydrogen-bond donors (Lipinski definition) is 1. The largest absolute Gasteiger partial charge is 0.364 e. The Morgan fingerprint density at radius 2 is 2.33 bits per heavy atom. The van der Waals surface area contributed by atoms with Crippen molar-refractivity contribution in [3.05, 3.63) is 23.0 Å². The molecule has 0 unspecified atom stereocenters. The summed E-state index contributed by atoms with van der Waals surface area (Å²) in [5.41, 5.74) is 1.09. The molecule has 1 heterocycles. The summed E-state index contributed by atoms with van der Waals surface area (Å²) in [6.45, 7) is 0. The number of nitrogens with one attached hydrogen (secondary N) is 1. The SMILES string of the molecule is ClCCc1cc(Cl)c[nH]1. The normalized spacial score (nSPS) is 10.0. The van der Waals surface area contributed by atoms with Crippen molar-refractivity contribution in [3.8, 4) is 0 Å². The first-order chi connectivity index (χ1) is 4.33. The van der Waals surface area contributed by atoms with Crippen LogP contribution in [-0.4, -0.2) is 10.9 Å². The van der Waals surface area contributed by atoms with Crippen LogP contribution in [0.25, 0.3) is 0 Å². The summed E-state index contributed by atoms with van der Waals surface area (Å²) < 4.78 is 0. The summed E-state index contributed by atoms with van der Waals surface area (Å²) in [5.74, 6) is 0.636. The Kier molecular flexibility index (Phi) is 2.43. The third-order valence-electron chi connectivity index (χ3n) is 1.07. The molecule has 1 nitrogen and oxygen atoms in total. The molecule has 1 aromatic rings. The smallest absolute Gasteiger partial charge is 0.0583 e. The van der Waals surface area contributed by atoms with Gasteiger partial charge in [-0.15, -0.1) is 11.6 Å². The van der Waals surface area contributed by atoms with Crippen molar-refractivity contribution in [1.82, 2.24) is 4.98 Å². The topological polar surface area (TPSA) is 15.8 Å². The molecule has 0 saturated heterocycles. The molecule has 1 rings (SSSR count). The maximum atomic E-state index is 5.62. The van der Waals surface area contributed by atoms with Crippen molar-refractivity contribution < 1.29 is 0 Å². The molecular weight excluding hydrogens is 157 g/mol. The summed E-state index contributed by atoms with van der Waals surface area (Å²) in [7, 11) is 0. The lowest BCUT2D eigenvalue weighted by Crippen LogP contribution is -1.83. The van der Waals surface area contributed by atoms with Gasteiger partial charge in [0, 0.05) is 24.2 Å². The van der Waals surface area contributed by atoms with Gasteiger partial charge in [-0.3, -0.25) is 0 Å². The fraction of sp³-hybridized carbons (Fsp3) is 0.333. The summed E-state index contributed by atoms with van der Waals surface area (Å²) in [4.78, 5) is 2.99. The van der Waals surface area contributed by atoms with Crippen LogP contribution >= 0.6 is 23.2 Å². The molecule has 0 saturated carbocycles. The van der Waals surface area contributed by atoms with Crippen LogP contribution in [0.4, 0.5) is 0 Å². The molecule has 0 radical (unpaired) electrons. The van der Waals surface area contributed by atoms with Crippen LogP contribution in [0.1, 0.15) is 5.69 Å². The second-order valence-corrected chi connectivity index (χ2v) is 2.60. The average molecular weight is 164 g/mol. The number of rotatable bonds is 2. The fourth-order valence-corrected chi connectivity index (χ4v) is 1.05. The molecule has 50 valence electrons. The van der Waals surface area contributed by atoms with E-state index in [4.69, 9.17) is 23.2 Å². The molecule has 0 atom stereocenters. The molecule has 0 aliphatic rings. The average Bonchev–Trinajstić information content (AvgIpc) is 2.17. The van der Waals surface area contributed by atoms with E-state index in [1.807, 2.05) is 6.07 Å². The monoisotopic (exact) mass is 163 g/mol. The molecule has 1 aromatic heterocycles. The molecule has 0 aromatic carbocycles.